The van der Waals surface area contributed by atoms with Crippen LogP contribution in [0, 0.1) is 27.7 Å². The van der Waals surface area contributed by atoms with Gasteiger partial charge in [0, 0.05) is 0 Å². The third-order valence-corrected chi connectivity index (χ3v) is 4.34. The Kier molecular flexibility index (Phi) is 3.10. The van der Waals surface area contributed by atoms with Gasteiger partial charge in [0.05, 0.1) is 0 Å². The molecule has 0 N–H and O–H groups in total. The summed E-state index contributed by atoms with van der Waals surface area (Å²) >= 11 is 0. The summed E-state index contributed by atoms with van der Waals surface area (Å²) in [6.07, 6.45) is 0. The van der Waals surface area contributed by atoms with Crippen LogP contribution in [0.4, 0.5) is 0 Å². The van der Waals surface area contributed by atoms with E-state index in [1.165, 1.54) is 44.2 Å². The van der Waals surface area contributed by atoms with Crippen LogP contribution in [-0.2, 0) is 0 Å². The van der Waals surface area contributed by atoms with E-state index in [-0.39, 0.29) is 0 Å². The van der Waals surface area contributed by atoms with Gasteiger partial charge in [0.2, 0.25) is 0 Å². The number of hydrogen-bond acceptors (Lipinski definition) is 0. The summed E-state index contributed by atoms with van der Waals surface area (Å²) in [4.78, 5) is 0. The van der Waals surface area contributed by atoms with E-state index in [0.717, 1.165) is 0 Å². The van der Waals surface area contributed by atoms with Gasteiger partial charge < -0.3 is 0 Å². The summed E-state index contributed by atoms with van der Waals surface area (Å²) in [5.74, 6) is 0. The van der Waals surface area contributed by atoms with E-state index in [1.54, 1.807) is 0 Å². The minimum Gasteiger partial charge on any atom is -0.0616 e. The van der Waals surface area contributed by atoms with Gasteiger partial charge in [0.1, 0.15) is 0 Å². The standard InChI is InChI=1S/C20H20/c1-13-9-10-17(11-14(13)2)20-12-15(3)18-7-5-6-8-19(18)16(20)4/h5-12H,1-4H3. The smallest absolute Gasteiger partial charge is 0.0146 e. The maximum Gasteiger partial charge on any atom is -0.0146 e. The zero-order chi connectivity index (χ0) is 14.3. The predicted molar refractivity (Wildman–Crippen MR) is 88.3 cm³/mol. The molecular formula is C20H20. The van der Waals surface area contributed by atoms with Crippen LogP contribution in [0.3, 0.4) is 0 Å². The van der Waals surface area contributed by atoms with Crippen molar-refractivity contribution in [2.24, 2.45) is 0 Å². The molecule has 0 heteroatoms. The molecule has 3 rings (SSSR count). The molecule has 3 aromatic carbocycles. The van der Waals surface area contributed by atoms with Gasteiger partial charge in [-0.15, -0.1) is 0 Å². The Hall–Kier alpha value is -2.08. The largest absolute Gasteiger partial charge is 0.0616 e. The van der Waals surface area contributed by atoms with Gasteiger partial charge in [-0.3, -0.25) is 0 Å². The van der Waals surface area contributed by atoms with E-state index in [0.29, 0.717) is 0 Å². The molecule has 0 spiro atoms. The maximum atomic E-state index is 2.32. The quantitative estimate of drug-likeness (QED) is 0.523. The zero-order valence-electron chi connectivity index (χ0n) is 12.6. The van der Waals surface area contributed by atoms with Crippen LogP contribution in [0.15, 0.2) is 48.5 Å². The molecule has 0 aromatic heterocycles. The van der Waals surface area contributed by atoms with Crippen LogP contribution in [0.2, 0.25) is 0 Å². The van der Waals surface area contributed by atoms with Gasteiger partial charge in [-0.2, -0.15) is 0 Å². The van der Waals surface area contributed by atoms with Crippen LogP contribution < -0.4 is 0 Å². The molecule has 3 aromatic rings. The highest BCUT2D eigenvalue weighted by atomic mass is 14.1. The third kappa shape index (κ3) is 2.02. The molecule has 100 valence electrons. The average molecular weight is 260 g/mol. The SMILES string of the molecule is Cc1ccc(-c2cc(C)c3ccccc3c2C)cc1C. The van der Waals surface area contributed by atoms with E-state index >= 15 is 0 Å². The molecule has 0 nitrogen and oxygen atoms in total. The van der Waals surface area contributed by atoms with Gasteiger partial charge in [-0.05, 0) is 71.8 Å². The second-order valence-corrected chi connectivity index (χ2v) is 5.71. The van der Waals surface area contributed by atoms with Gasteiger partial charge in [0.25, 0.3) is 0 Å². The Labute approximate surface area is 121 Å². The van der Waals surface area contributed by atoms with Gasteiger partial charge in [0.15, 0.2) is 0 Å². The van der Waals surface area contributed by atoms with Gasteiger partial charge in [-0.1, -0.05) is 48.5 Å². The van der Waals surface area contributed by atoms with Crippen LogP contribution in [0.1, 0.15) is 22.3 Å². The molecule has 0 aliphatic heterocycles. The first-order valence-electron chi connectivity index (χ1n) is 7.14. The first kappa shape index (κ1) is 12.9. The van der Waals surface area contributed by atoms with Crippen molar-refractivity contribution in [3.63, 3.8) is 0 Å². The van der Waals surface area contributed by atoms with Crippen LogP contribution in [0.5, 0.6) is 0 Å². The topological polar surface area (TPSA) is 0 Å². The summed E-state index contributed by atoms with van der Waals surface area (Å²) in [7, 11) is 0. The van der Waals surface area contributed by atoms with Crippen LogP contribution >= 0.6 is 0 Å². The lowest BCUT2D eigenvalue weighted by atomic mass is 9.91. The molecule has 0 aliphatic rings. The molecule has 0 fully saturated rings. The van der Waals surface area contributed by atoms with Crippen LogP contribution in [0.25, 0.3) is 21.9 Å². The summed E-state index contributed by atoms with van der Waals surface area (Å²) in [6.45, 7) is 8.78. The summed E-state index contributed by atoms with van der Waals surface area (Å²) in [5, 5.41) is 2.72. The van der Waals surface area contributed by atoms with E-state index in [9.17, 15) is 0 Å². The molecule has 20 heavy (non-hydrogen) atoms. The molecule has 0 radical (unpaired) electrons. The normalized spacial score (nSPS) is 11.0. The Bertz CT molecular complexity index is 794. The van der Waals surface area contributed by atoms with Crippen molar-refractivity contribution < 1.29 is 0 Å². The molecule has 0 saturated heterocycles. The number of benzene rings is 3. The van der Waals surface area contributed by atoms with E-state index in [2.05, 4.69) is 76.2 Å². The van der Waals surface area contributed by atoms with Gasteiger partial charge in [-0.25, -0.2) is 0 Å². The molecule has 0 atom stereocenters. The minimum absolute atomic E-state index is 1.32. The second-order valence-electron chi connectivity index (χ2n) is 5.71. The molecule has 0 saturated carbocycles. The fraction of sp³-hybridized carbons (Fsp3) is 0.200. The highest BCUT2D eigenvalue weighted by molar-refractivity contribution is 5.94. The van der Waals surface area contributed by atoms with E-state index < -0.39 is 0 Å². The number of rotatable bonds is 1. The van der Waals surface area contributed by atoms with E-state index in [4.69, 9.17) is 0 Å². The third-order valence-electron chi connectivity index (χ3n) is 4.34. The Balaban J connectivity index is 2.31. The van der Waals surface area contributed by atoms with Crippen molar-refractivity contribution in [3.05, 3.63) is 70.8 Å². The fourth-order valence-electron chi connectivity index (χ4n) is 2.91. The van der Waals surface area contributed by atoms with Crippen LogP contribution in [-0.4, -0.2) is 0 Å². The molecule has 0 amide bonds. The molecule has 0 unspecified atom stereocenters. The first-order valence-corrected chi connectivity index (χ1v) is 7.14. The lowest BCUT2D eigenvalue weighted by Crippen LogP contribution is -1.90. The fourth-order valence-corrected chi connectivity index (χ4v) is 2.91. The monoisotopic (exact) mass is 260 g/mol. The Morgan fingerprint density at radius 3 is 2.00 bits per heavy atom. The van der Waals surface area contributed by atoms with Crippen molar-refractivity contribution in [1.82, 2.24) is 0 Å². The second kappa shape index (κ2) is 4.79. The predicted octanol–water partition coefficient (Wildman–Crippen LogP) is 5.74. The number of aryl methyl sites for hydroxylation is 4. The van der Waals surface area contributed by atoms with Crippen molar-refractivity contribution in [2.75, 3.05) is 0 Å². The Morgan fingerprint density at radius 2 is 1.30 bits per heavy atom. The van der Waals surface area contributed by atoms with Crippen molar-refractivity contribution in [1.29, 1.82) is 0 Å². The molecular weight excluding hydrogens is 240 g/mol. The zero-order valence-corrected chi connectivity index (χ0v) is 12.6. The molecule has 0 heterocycles. The van der Waals surface area contributed by atoms with Crippen molar-refractivity contribution in [3.8, 4) is 11.1 Å². The van der Waals surface area contributed by atoms with Gasteiger partial charge >= 0.3 is 0 Å². The van der Waals surface area contributed by atoms with E-state index in [1.807, 2.05) is 0 Å². The highest BCUT2D eigenvalue weighted by Crippen LogP contribution is 2.32. The summed E-state index contributed by atoms with van der Waals surface area (Å²) < 4.78 is 0. The molecule has 0 bridgehead atoms. The maximum absolute atomic E-state index is 2.32. The molecule has 0 aliphatic carbocycles. The summed E-state index contributed by atoms with van der Waals surface area (Å²) in [5.41, 5.74) is 8.09. The number of hydrogen-bond donors (Lipinski definition) is 0. The van der Waals surface area contributed by atoms with Crippen molar-refractivity contribution in [2.45, 2.75) is 27.7 Å². The Morgan fingerprint density at radius 1 is 0.600 bits per heavy atom. The average Bonchev–Trinajstić information content (AvgIpc) is 2.46. The summed E-state index contributed by atoms with van der Waals surface area (Å²) in [6, 6.07) is 17.7. The highest BCUT2D eigenvalue weighted by Gasteiger charge is 2.09. The van der Waals surface area contributed by atoms with Crippen molar-refractivity contribution >= 4 is 10.8 Å². The lowest BCUT2D eigenvalue weighted by Gasteiger charge is -2.13. The first-order chi connectivity index (χ1) is 9.58. The number of fused-ring (bicyclic) bond motifs is 1. The minimum atomic E-state index is 1.32. The lowest BCUT2D eigenvalue weighted by molar-refractivity contribution is 1.33.